The van der Waals surface area contributed by atoms with E-state index in [4.69, 9.17) is 0 Å². The van der Waals surface area contributed by atoms with Crippen LogP contribution in [0.2, 0.25) is 0 Å². The van der Waals surface area contributed by atoms with E-state index in [1.165, 1.54) is 27.3 Å². The number of aryl methyl sites for hydroxylation is 1. The lowest BCUT2D eigenvalue weighted by atomic mass is 9.98. The first-order chi connectivity index (χ1) is 6.72. The Morgan fingerprint density at radius 3 is 3.00 bits per heavy atom. The van der Waals surface area contributed by atoms with Crippen molar-refractivity contribution in [2.45, 2.75) is 25.5 Å². The first-order valence-electron chi connectivity index (χ1n) is 4.88. The van der Waals surface area contributed by atoms with Gasteiger partial charge in [-0.05, 0) is 54.5 Å². The largest absolute Gasteiger partial charge is 0.145 e. The smallest absolute Gasteiger partial charge is 0.0390 e. The molecule has 1 aromatic rings. The fourth-order valence-electron chi connectivity index (χ4n) is 2.16. The van der Waals surface area contributed by atoms with E-state index < -0.39 is 0 Å². The number of fused-ring (bicyclic) bond motifs is 2. The van der Waals surface area contributed by atoms with Crippen LogP contribution < -0.4 is 0 Å². The molecule has 0 nitrogen and oxygen atoms in total. The number of allylic oxidation sites excluding steroid dienone is 2. The maximum Gasteiger partial charge on any atom is 0.0390 e. The summed E-state index contributed by atoms with van der Waals surface area (Å²) in [5.41, 5.74) is 2.99. The van der Waals surface area contributed by atoms with Crippen LogP contribution in [-0.2, 0) is 6.42 Å². The summed E-state index contributed by atoms with van der Waals surface area (Å²) >= 11 is 3.98. The number of hydrogen-bond donors (Lipinski definition) is 0. The molecular weight excluding hydrogens is 208 g/mol. The molecule has 0 spiro atoms. The van der Waals surface area contributed by atoms with Gasteiger partial charge in [-0.3, -0.25) is 0 Å². The van der Waals surface area contributed by atoms with Gasteiger partial charge < -0.3 is 0 Å². The lowest BCUT2D eigenvalue weighted by Crippen LogP contribution is -2.09. The Labute approximate surface area is 92.7 Å². The fraction of sp³-hybridized carbons (Fsp3) is 0.333. The molecule has 1 aliphatic heterocycles. The summed E-state index contributed by atoms with van der Waals surface area (Å²) in [6.07, 6.45) is 5.94. The van der Waals surface area contributed by atoms with Crippen LogP contribution in [0.4, 0.5) is 0 Å². The predicted octanol–water partition coefficient (Wildman–Crippen LogP) is 4.02. The van der Waals surface area contributed by atoms with Gasteiger partial charge in [0.25, 0.3) is 0 Å². The van der Waals surface area contributed by atoms with Crippen molar-refractivity contribution < 1.29 is 0 Å². The average molecular weight is 220 g/mol. The molecule has 14 heavy (non-hydrogen) atoms. The molecule has 0 radical (unpaired) electrons. The van der Waals surface area contributed by atoms with Gasteiger partial charge in [-0.1, -0.05) is 0 Å². The quantitative estimate of drug-likeness (QED) is 0.636. The van der Waals surface area contributed by atoms with Crippen LogP contribution in [0.1, 0.15) is 22.2 Å². The maximum absolute atomic E-state index is 2.37. The van der Waals surface area contributed by atoms with Crippen LogP contribution in [0, 0.1) is 6.92 Å². The zero-order valence-corrected chi connectivity index (χ0v) is 9.97. The minimum atomic E-state index is 0.709. The summed E-state index contributed by atoms with van der Waals surface area (Å²) in [6.45, 7) is 4.41. The molecule has 2 heteroatoms. The van der Waals surface area contributed by atoms with Crippen LogP contribution in [-0.4, -0.2) is 5.25 Å². The first-order valence-corrected chi connectivity index (χ1v) is 6.58. The summed E-state index contributed by atoms with van der Waals surface area (Å²) in [7, 11) is 0. The highest BCUT2D eigenvalue weighted by atomic mass is 32.2. The molecule has 2 heterocycles. The minimum Gasteiger partial charge on any atom is -0.145 e. The monoisotopic (exact) mass is 220 g/mol. The van der Waals surface area contributed by atoms with E-state index in [9.17, 15) is 0 Å². The van der Waals surface area contributed by atoms with Crippen molar-refractivity contribution in [2.24, 2.45) is 0 Å². The average Bonchev–Trinajstić information content (AvgIpc) is 2.59. The molecule has 0 bridgehead atoms. The van der Waals surface area contributed by atoms with Gasteiger partial charge in [0.1, 0.15) is 0 Å². The second-order valence-electron chi connectivity index (χ2n) is 3.95. The van der Waals surface area contributed by atoms with Crippen molar-refractivity contribution in [3.05, 3.63) is 37.9 Å². The molecular formula is C12H12S2. The Morgan fingerprint density at radius 1 is 1.29 bits per heavy atom. The zero-order chi connectivity index (χ0) is 9.71. The van der Waals surface area contributed by atoms with Crippen LogP contribution in [0.25, 0.3) is 6.08 Å². The van der Waals surface area contributed by atoms with E-state index in [0.29, 0.717) is 5.25 Å². The topological polar surface area (TPSA) is 0 Å². The van der Waals surface area contributed by atoms with Crippen LogP contribution in [0.5, 0.6) is 0 Å². The highest BCUT2D eigenvalue weighted by molar-refractivity contribution is 8.04. The Bertz CT molecular complexity index is 449. The summed E-state index contributed by atoms with van der Waals surface area (Å²) in [5.74, 6) is 0. The Morgan fingerprint density at radius 2 is 2.14 bits per heavy atom. The molecule has 3 rings (SSSR count). The predicted molar refractivity (Wildman–Crippen MR) is 65.9 cm³/mol. The van der Waals surface area contributed by atoms with E-state index in [1.54, 1.807) is 4.88 Å². The first kappa shape index (κ1) is 8.81. The molecule has 1 aliphatic carbocycles. The van der Waals surface area contributed by atoms with E-state index in [2.05, 4.69) is 32.1 Å². The molecule has 0 amide bonds. The molecule has 1 unspecified atom stereocenters. The lowest BCUT2D eigenvalue weighted by Gasteiger charge is -2.16. The van der Waals surface area contributed by atoms with Crippen molar-refractivity contribution >= 4 is 29.2 Å². The third-order valence-corrected chi connectivity index (χ3v) is 5.03. The van der Waals surface area contributed by atoms with Crippen LogP contribution in [0.3, 0.4) is 0 Å². The molecule has 0 N–H and O–H groups in total. The maximum atomic E-state index is 2.37. The van der Waals surface area contributed by atoms with E-state index >= 15 is 0 Å². The molecule has 2 aliphatic rings. The van der Waals surface area contributed by atoms with Crippen molar-refractivity contribution in [3.8, 4) is 0 Å². The molecule has 1 atom stereocenters. The van der Waals surface area contributed by atoms with Gasteiger partial charge in [-0.2, -0.15) is 0 Å². The minimum absolute atomic E-state index is 0.709. The van der Waals surface area contributed by atoms with Gasteiger partial charge in [0.05, 0.1) is 0 Å². The molecule has 1 aromatic heterocycles. The van der Waals surface area contributed by atoms with Gasteiger partial charge in [0.15, 0.2) is 0 Å². The van der Waals surface area contributed by atoms with Crippen LogP contribution in [0.15, 0.2) is 22.6 Å². The van der Waals surface area contributed by atoms with E-state index in [-0.39, 0.29) is 0 Å². The number of hydrogen-bond acceptors (Lipinski definition) is 2. The molecule has 0 fully saturated rings. The van der Waals surface area contributed by atoms with Gasteiger partial charge in [0, 0.05) is 15.0 Å². The number of rotatable bonds is 0. The third-order valence-electron chi connectivity index (χ3n) is 2.73. The third kappa shape index (κ3) is 1.29. The van der Waals surface area contributed by atoms with Crippen molar-refractivity contribution in [3.63, 3.8) is 0 Å². The van der Waals surface area contributed by atoms with Gasteiger partial charge in [-0.25, -0.2) is 0 Å². The van der Waals surface area contributed by atoms with E-state index in [0.717, 1.165) is 0 Å². The van der Waals surface area contributed by atoms with E-state index in [1.807, 2.05) is 23.1 Å². The van der Waals surface area contributed by atoms with Crippen molar-refractivity contribution in [2.75, 3.05) is 0 Å². The van der Waals surface area contributed by atoms with Gasteiger partial charge in [0.2, 0.25) is 0 Å². The summed E-state index contributed by atoms with van der Waals surface area (Å²) in [4.78, 5) is 4.48. The van der Waals surface area contributed by atoms with Gasteiger partial charge in [-0.15, -0.1) is 23.1 Å². The Balaban J connectivity index is 2.09. The summed E-state index contributed by atoms with van der Waals surface area (Å²) < 4.78 is 0. The number of thiophene rings is 1. The molecule has 0 aromatic carbocycles. The van der Waals surface area contributed by atoms with Crippen LogP contribution >= 0.6 is 23.1 Å². The molecule has 0 saturated heterocycles. The Kier molecular flexibility index (Phi) is 1.89. The second kappa shape index (κ2) is 3.01. The summed E-state index contributed by atoms with van der Waals surface area (Å²) in [5, 5.41) is 0.709. The van der Waals surface area contributed by atoms with Crippen molar-refractivity contribution in [1.82, 2.24) is 0 Å². The SMILES string of the molecule is CC1=CC2=Cc3cc(C)sc3CC2S1. The highest BCUT2D eigenvalue weighted by Crippen LogP contribution is 2.43. The molecule has 0 saturated carbocycles. The summed E-state index contributed by atoms with van der Waals surface area (Å²) in [6, 6.07) is 2.31. The second-order valence-corrected chi connectivity index (χ2v) is 6.74. The Hall–Kier alpha value is -0.470. The fourth-order valence-corrected chi connectivity index (χ4v) is 4.50. The van der Waals surface area contributed by atoms with Crippen molar-refractivity contribution in [1.29, 1.82) is 0 Å². The van der Waals surface area contributed by atoms with Gasteiger partial charge >= 0.3 is 0 Å². The lowest BCUT2D eigenvalue weighted by molar-refractivity contribution is 1.01. The normalized spacial score (nSPS) is 24.0. The number of thioether (sulfide) groups is 1. The zero-order valence-electron chi connectivity index (χ0n) is 8.33. The highest BCUT2D eigenvalue weighted by Gasteiger charge is 2.26. The standard InChI is InChI=1S/C12H12S2/c1-7-3-9-5-10-4-8(2)14-12(10)6-11(9)13-7/h3-5,11H,6H2,1-2H3. The molecule has 72 valence electrons.